The zero-order valence-corrected chi connectivity index (χ0v) is 32.9. The van der Waals surface area contributed by atoms with Crippen molar-refractivity contribution in [1.29, 1.82) is 0 Å². The lowest BCUT2D eigenvalue weighted by Gasteiger charge is -2.23. The molecule has 1 N–H and O–H groups in total. The number of aliphatic hydroxyl groups excluding tert-OH is 1. The monoisotopic (exact) mass is 682 g/mol. The number of carbonyl (C=O) groups excluding carboxylic acids is 2. The molecule has 0 aliphatic heterocycles. The van der Waals surface area contributed by atoms with Crippen molar-refractivity contribution in [3.8, 4) is 0 Å². The van der Waals surface area contributed by atoms with Gasteiger partial charge in [0.15, 0.2) is 0 Å². The maximum absolute atomic E-state index is 12.6. The summed E-state index contributed by atoms with van der Waals surface area (Å²) >= 11 is 0. The normalized spacial score (nSPS) is 11.9. The summed E-state index contributed by atoms with van der Waals surface area (Å²) in [6.07, 6.45) is 31.0. The average molecular weight is 682 g/mol. The predicted octanol–water partition coefficient (Wildman–Crippen LogP) is 11.6. The maximum atomic E-state index is 12.6. The molecule has 0 spiro atoms. The Labute approximate surface area is 299 Å². The van der Waals surface area contributed by atoms with E-state index in [2.05, 4.69) is 25.7 Å². The number of carbonyl (C=O) groups is 2. The van der Waals surface area contributed by atoms with Crippen LogP contribution in [0, 0.1) is 11.3 Å². The molecular weight excluding hydrogens is 598 g/mol. The molecule has 6 nitrogen and oxygen atoms in total. The quantitative estimate of drug-likeness (QED) is 0.0519. The number of hydrogen-bond donors (Lipinski definition) is 1. The van der Waals surface area contributed by atoms with Gasteiger partial charge >= 0.3 is 11.9 Å². The van der Waals surface area contributed by atoms with Gasteiger partial charge in [0.25, 0.3) is 0 Å². The van der Waals surface area contributed by atoms with E-state index in [0.717, 1.165) is 96.2 Å². The second-order valence-electron chi connectivity index (χ2n) is 15.3. The Kier molecular flexibility index (Phi) is 33.5. The maximum Gasteiger partial charge on any atom is 0.311 e. The molecule has 0 saturated heterocycles. The number of rotatable bonds is 37. The van der Waals surface area contributed by atoms with Crippen LogP contribution in [0.2, 0.25) is 0 Å². The highest BCUT2D eigenvalue weighted by atomic mass is 16.5. The van der Waals surface area contributed by atoms with E-state index in [1.807, 2.05) is 13.8 Å². The molecule has 6 heteroatoms. The number of esters is 2. The Morgan fingerprint density at radius 2 is 1.06 bits per heavy atom. The molecule has 0 bridgehead atoms. The van der Waals surface area contributed by atoms with Gasteiger partial charge in [0, 0.05) is 19.6 Å². The molecule has 48 heavy (non-hydrogen) atoms. The predicted molar refractivity (Wildman–Crippen MR) is 204 cm³/mol. The van der Waals surface area contributed by atoms with E-state index in [1.54, 1.807) is 0 Å². The molecule has 0 rings (SSSR count). The summed E-state index contributed by atoms with van der Waals surface area (Å²) in [5, 5.41) is 9.36. The summed E-state index contributed by atoms with van der Waals surface area (Å²) in [4.78, 5) is 27.2. The zero-order chi connectivity index (χ0) is 35.6. The minimum Gasteiger partial charge on any atom is -0.466 e. The fourth-order valence-corrected chi connectivity index (χ4v) is 6.76. The lowest BCUT2D eigenvalue weighted by atomic mass is 9.87. The van der Waals surface area contributed by atoms with Crippen LogP contribution in [0.5, 0.6) is 0 Å². The van der Waals surface area contributed by atoms with Crippen LogP contribution in [0.25, 0.3) is 0 Å². The van der Waals surface area contributed by atoms with Crippen molar-refractivity contribution in [2.45, 2.75) is 208 Å². The van der Waals surface area contributed by atoms with Crippen molar-refractivity contribution >= 4 is 11.9 Å². The third kappa shape index (κ3) is 29.7. The van der Waals surface area contributed by atoms with Gasteiger partial charge in [-0.3, -0.25) is 9.59 Å². The number of nitrogens with zero attached hydrogens (tertiary/aromatic N) is 1. The van der Waals surface area contributed by atoms with Crippen LogP contribution < -0.4 is 0 Å². The van der Waals surface area contributed by atoms with E-state index in [-0.39, 0.29) is 18.5 Å². The summed E-state index contributed by atoms with van der Waals surface area (Å²) in [5.41, 5.74) is -0.403. The van der Waals surface area contributed by atoms with Crippen LogP contribution in [0.3, 0.4) is 0 Å². The molecule has 0 aliphatic rings. The van der Waals surface area contributed by atoms with Crippen molar-refractivity contribution in [3.63, 3.8) is 0 Å². The first-order valence-electron chi connectivity index (χ1n) is 21.0. The Morgan fingerprint density at radius 3 is 1.67 bits per heavy atom. The van der Waals surface area contributed by atoms with E-state index in [0.29, 0.717) is 19.6 Å². The van der Waals surface area contributed by atoms with Gasteiger partial charge in [0.2, 0.25) is 0 Å². The standard InChI is InChI=1S/C42H83NO5/c1-6-9-10-11-12-18-25-38-48-41(46)42(4,5)32-22-15-17-24-34-43(35-27-36-44)33-23-16-13-14-21-31-40(45)47-37-26-19-20-30-39(28-7-2)29-8-3/h39,44H,6-38H2,1-5H3. The van der Waals surface area contributed by atoms with Gasteiger partial charge in [-0.1, -0.05) is 143 Å². The molecule has 0 aromatic rings. The van der Waals surface area contributed by atoms with Gasteiger partial charge in [-0.25, -0.2) is 0 Å². The molecule has 0 aromatic carbocycles. The molecular formula is C42H83NO5. The fraction of sp³-hybridized carbons (Fsp3) is 0.952. The fourth-order valence-electron chi connectivity index (χ4n) is 6.76. The van der Waals surface area contributed by atoms with Gasteiger partial charge in [-0.05, 0) is 77.8 Å². The van der Waals surface area contributed by atoms with Crippen LogP contribution in [-0.2, 0) is 19.1 Å². The van der Waals surface area contributed by atoms with Crippen molar-refractivity contribution in [1.82, 2.24) is 4.90 Å². The van der Waals surface area contributed by atoms with Crippen molar-refractivity contribution < 1.29 is 24.2 Å². The Hall–Kier alpha value is -1.14. The Balaban J connectivity index is 3.88. The van der Waals surface area contributed by atoms with Gasteiger partial charge < -0.3 is 19.5 Å². The van der Waals surface area contributed by atoms with E-state index in [9.17, 15) is 14.7 Å². The summed E-state index contributed by atoms with van der Waals surface area (Å²) in [6.45, 7) is 15.4. The summed E-state index contributed by atoms with van der Waals surface area (Å²) in [6, 6.07) is 0. The number of hydrogen-bond acceptors (Lipinski definition) is 6. The van der Waals surface area contributed by atoms with Gasteiger partial charge in [-0.15, -0.1) is 0 Å². The van der Waals surface area contributed by atoms with Crippen molar-refractivity contribution in [2.24, 2.45) is 11.3 Å². The highest BCUT2D eigenvalue weighted by Gasteiger charge is 2.28. The van der Waals surface area contributed by atoms with E-state index < -0.39 is 5.41 Å². The smallest absolute Gasteiger partial charge is 0.311 e. The lowest BCUT2D eigenvalue weighted by Crippen LogP contribution is -2.28. The first-order chi connectivity index (χ1) is 23.3. The minimum absolute atomic E-state index is 0.0256. The molecule has 0 heterocycles. The average Bonchev–Trinajstić information content (AvgIpc) is 3.06. The van der Waals surface area contributed by atoms with E-state index in [1.165, 1.54) is 96.3 Å². The van der Waals surface area contributed by atoms with Gasteiger partial charge in [0.1, 0.15) is 0 Å². The summed E-state index contributed by atoms with van der Waals surface area (Å²) in [5.74, 6) is 0.819. The summed E-state index contributed by atoms with van der Waals surface area (Å²) in [7, 11) is 0. The topological polar surface area (TPSA) is 76.1 Å². The van der Waals surface area contributed by atoms with Crippen molar-refractivity contribution in [2.75, 3.05) is 39.5 Å². The Morgan fingerprint density at radius 1 is 0.562 bits per heavy atom. The first kappa shape index (κ1) is 46.9. The number of aliphatic hydroxyl groups is 1. The molecule has 0 unspecified atom stereocenters. The molecule has 0 radical (unpaired) electrons. The minimum atomic E-state index is -0.403. The molecule has 0 saturated carbocycles. The lowest BCUT2D eigenvalue weighted by molar-refractivity contribution is -0.154. The van der Waals surface area contributed by atoms with Crippen LogP contribution in [0.4, 0.5) is 0 Å². The highest BCUT2D eigenvalue weighted by molar-refractivity contribution is 5.75. The molecule has 0 amide bonds. The third-order valence-electron chi connectivity index (χ3n) is 9.96. The molecule has 0 aliphatic carbocycles. The van der Waals surface area contributed by atoms with Crippen molar-refractivity contribution in [3.05, 3.63) is 0 Å². The van der Waals surface area contributed by atoms with E-state index >= 15 is 0 Å². The third-order valence-corrected chi connectivity index (χ3v) is 9.96. The molecule has 0 fully saturated rings. The molecule has 286 valence electrons. The molecule has 0 aromatic heterocycles. The van der Waals surface area contributed by atoms with Crippen LogP contribution >= 0.6 is 0 Å². The second-order valence-corrected chi connectivity index (χ2v) is 15.3. The summed E-state index contributed by atoms with van der Waals surface area (Å²) < 4.78 is 11.1. The van der Waals surface area contributed by atoms with Gasteiger partial charge in [0.05, 0.1) is 18.6 Å². The zero-order valence-electron chi connectivity index (χ0n) is 32.9. The second kappa shape index (κ2) is 34.3. The van der Waals surface area contributed by atoms with Gasteiger partial charge in [-0.2, -0.15) is 0 Å². The number of ether oxygens (including phenoxy) is 2. The van der Waals surface area contributed by atoms with Crippen LogP contribution in [-0.4, -0.2) is 61.4 Å². The van der Waals surface area contributed by atoms with E-state index in [4.69, 9.17) is 9.47 Å². The van der Waals surface area contributed by atoms with Crippen LogP contribution in [0.15, 0.2) is 0 Å². The van der Waals surface area contributed by atoms with Crippen LogP contribution in [0.1, 0.15) is 208 Å². The largest absolute Gasteiger partial charge is 0.466 e. The molecule has 0 atom stereocenters. The highest BCUT2D eigenvalue weighted by Crippen LogP contribution is 2.26. The SMILES string of the molecule is CCCCCCCCCOC(=O)C(C)(C)CCCCCCN(CCCO)CCCCCCCC(=O)OCCCCCC(CCC)CCC. The number of unbranched alkanes of at least 4 members (excludes halogenated alkanes) is 15. The Bertz CT molecular complexity index is 706. The first-order valence-corrected chi connectivity index (χ1v) is 21.0.